The number of carbonyl (C=O) groups is 2. The zero-order chi connectivity index (χ0) is 22.0. The van der Waals surface area contributed by atoms with Gasteiger partial charge in [-0.15, -0.1) is 0 Å². The van der Waals surface area contributed by atoms with E-state index in [1.165, 1.54) is 24.6 Å². The van der Waals surface area contributed by atoms with Gasteiger partial charge in [-0.3, -0.25) is 4.79 Å². The van der Waals surface area contributed by atoms with E-state index in [0.29, 0.717) is 11.0 Å². The molecule has 0 spiro atoms. The van der Waals surface area contributed by atoms with Crippen LogP contribution in [0.25, 0.3) is 11.0 Å². The molecule has 8 heteroatoms. The number of esters is 1. The third-order valence-corrected chi connectivity index (χ3v) is 5.93. The summed E-state index contributed by atoms with van der Waals surface area (Å²) >= 11 is 2.18. The molecule has 0 aliphatic rings. The Bertz CT molecular complexity index is 1260. The van der Waals surface area contributed by atoms with Crippen molar-refractivity contribution in [1.29, 1.82) is 0 Å². The maximum atomic E-state index is 14.7. The fraction of sp³-hybridized carbons (Fsp3) is 0.174. The first kappa shape index (κ1) is 21.2. The predicted molar refractivity (Wildman–Crippen MR) is 121 cm³/mol. The molecule has 2 aromatic heterocycles. The number of carbonyl (C=O) groups excluding carboxylic acids is 2. The minimum atomic E-state index is -0.648. The number of Topliss-reactive ketones (excluding diaryl/α,β-unsaturated/α-hetero) is 1. The summed E-state index contributed by atoms with van der Waals surface area (Å²) in [5, 5.41) is 0.644. The van der Waals surface area contributed by atoms with Crippen LogP contribution < -0.4 is 0 Å². The minimum Gasteiger partial charge on any atom is -0.464 e. The Labute approximate surface area is 191 Å². The third kappa shape index (κ3) is 4.25. The second-order valence-corrected chi connectivity index (χ2v) is 8.00. The number of rotatable bonds is 7. The Morgan fingerprint density at radius 3 is 2.84 bits per heavy atom. The van der Waals surface area contributed by atoms with Crippen LogP contribution in [0.15, 0.2) is 65.5 Å². The van der Waals surface area contributed by atoms with Crippen LogP contribution in [0.2, 0.25) is 0 Å². The van der Waals surface area contributed by atoms with Crippen LogP contribution in [0.3, 0.4) is 0 Å². The van der Waals surface area contributed by atoms with Gasteiger partial charge in [-0.05, 0) is 53.3 Å². The molecule has 0 amide bonds. The Morgan fingerprint density at radius 1 is 1.26 bits per heavy atom. The van der Waals surface area contributed by atoms with E-state index < -0.39 is 23.6 Å². The molecule has 0 bridgehead atoms. The fourth-order valence-corrected chi connectivity index (χ4v) is 4.25. The van der Waals surface area contributed by atoms with Gasteiger partial charge < -0.3 is 13.7 Å². The number of ketones is 1. The fourth-order valence-electron chi connectivity index (χ4n) is 3.51. The Hall–Kier alpha value is -3.01. The van der Waals surface area contributed by atoms with Crippen LogP contribution in [-0.4, -0.2) is 27.9 Å². The Kier molecular flexibility index (Phi) is 6.17. The predicted octanol–water partition coefficient (Wildman–Crippen LogP) is 5.41. The van der Waals surface area contributed by atoms with Crippen molar-refractivity contribution >= 4 is 45.3 Å². The first-order chi connectivity index (χ1) is 15.0. The van der Waals surface area contributed by atoms with Crippen molar-refractivity contribution in [3.05, 3.63) is 87.5 Å². The Morgan fingerprint density at radius 2 is 2.06 bits per heavy atom. The van der Waals surface area contributed by atoms with Gasteiger partial charge in [0.05, 0.1) is 24.5 Å². The summed E-state index contributed by atoms with van der Waals surface area (Å²) in [5.41, 5.74) is 1.18. The molecule has 0 aliphatic carbocycles. The summed E-state index contributed by atoms with van der Waals surface area (Å²) in [6.45, 7) is 1.91. The summed E-state index contributed by atoms with van der Waals surface area (Å²) < 4.78 is 27.5. The molecule has 0 saturated heterocycles. The molecule has 0 radical (unpaired) electrons. The average Bonchev–Trinajstić information content (AvgIpc) is 3.41. The summed E-state index contributed by atoms with van der Waals surface area (Å²) in [6, 6.07) is 11.3. The first-order valence-electron chi connectivity index (χ1n) is 9.64. The van der Waals surface area contributed by atoms with Crippen LogP contribution in [0.1, 0.15) is 45.9 Å². The summed E-state index contributed by atoms with van der Waals surface area (Å²) in [4.78, 5) is 29.7. The van der Waals surface area contributed by atoms with Crippen molar-refractivity contribution in [2.24, 2.45) is 0 Å². The molecule has 0 saturated carbocycles. The highest BCUT2D eigenvalue weighted by molar-refractivity contribution is 14.1. The molecular formula is C23H18FIN2O4. The molecule has 0 aliphatic heterocycles. The number of imidazole rings is 1. The third-order valence-electron chi connectivity index (χ3n) is 4.95. The molecule has 31 heavy (non-hydrogen) atoms. The van der Waals surface area contributed by atoms with E-state index in [2.05, 4.69) is 27.6 Å². The highest BCUT2D eigenvalue weighted by Crippen LogP contribution is 2.30. The smallest absolute Gasteiger partial charge is 0.374 e. The number of ether oxygens (including phenoxy) is 1. The lowest BCUT2D eigenvalue weighted by Crippen LogP contribution is -2.22. The number of nitrogens with zero attached hydrogens (tertiary/aromatic N) is 2. The van der Waals surface area contributed by atoms with Crippen LogP contribution in [0.4, 0.5) is 4.39 Å². The zero-order valence-corrected chi connectivity index (χ0v) is 18.7. The van der Waals surface area contributed by atoms with Gasteiger partial charge in [0, 0.05) is 33.8 Å². The molecular weight excluding hydrogens is 514 g/mol. The largest absolute Gasteiger partial charge is 0.464 e. The number of aromatic nitrogens is 2. The molecule has 1 atom stereocenters. The summed E-state index contributed by atoms with van der Waals surface area (Å²) in [6.07, 6.45) is 4.49. The molecule has 2 heterocycles. The Balaban J connectivity index is 1.76. The second-order valence-electron chi connectivity index (χ2n) is 6.83. The van der Waals surface area contributed by atoms with Crippen molar-refractivity contribution in [3.8, 4) is 0 Å². The van der Waals surface area contributed by atoms with Gasteiger partial charge in [0.2, 0.25) is 5.82 Å². The van der Waals surface area contributed by atoms with Gasteiger partial charge in [-0.1, -0.05) is 18.2 Å². The molecule has 158 valence electrons. The van der Waals surface area contributed by atoms with E-state index in [1.54, 1.807) is 23.8 Å². The lowest BCUT2D eigenvalue weighted by Gasteiger charge is -2.22. The standard InChI is InChI=1S/C23H18FIN2O4/c1-2-30-23(29)22-26-8-9-27(22)19(15-5-3-4-6-18(15)25)13-20(28)16-11-14-7-10-31-21(14)12-17(16)24/h3-12,19H,2,13H2,1H3/t19-/m0/s1. The maximum absolute atomic E-state index is 14.7. The van der Waals surface area contributed by atoms with E-state index in [1.807, 2.05) is 24.3 Å². The van der Waals surface area contributed by atoms with Gasteiger partial charge in [0.1, 0.15) is 11.4 Å². The van der Waals surface area contributed by atoms with E-state index in [0.717, 1.165) is 9.13 Å². The first-order valence-corrected chi connectivity index (χ1v) is 10.7. The van der Waals surface area contributed by atoms with Gasteiger partial charge >= 0.3 is 5.97 Å². The normalized spacial score (nSPS) is 12.1. The van der Waals surface area contributed by atoms with Gasteiger partial charge in [-0.25, -0.2) is 14.2 Å². The van der Waals surface area contributed by atoms with Crippen LogP contribution in [0, 0.1) is 9.39 Å². The van der Waals surface area contributed by atoms with Crippen molar-refractivity contribution in [2.45, 2.75) is 19.4 Å². The van der Waals surface area contributed by atoms with Crippen molar-refractivity contribution in [3.63, 3.8) is 0 Å². The maximum Gasteiger partial charge on any atom is 0.374 e. The van der Waals surface area contributed by atoms with Crippen molar-refractivity contribution < 1.29 is 23.1 Å². The van der Waals surface area contributed by atoms with Gasteiger partial charge in [0.25, 0.3) is 0 Å². The molecule has 0 fully saturated rings. The number of benzene rings is 2. The lowest BCUT2D eigenvalue weighted by atomic mass is 9.96. The van der Waals surface area contributed by atoms with E-state index in [-0.39, 0.29) is 24.4 Å². The van der Waals surface area contributed by atoms with Gasteiger partial charge in [0.15, 0.2) is 5.78 Å². The van der Waals surface area contributed by atoms with Gasteiger partial charge in [-0.2, -0.15) is 0 Å². The number of fused-ring (bicyclic) bond motifs is 1. The topological polar surface area (TPSA) is 74.3 Å². The van der Waals surface area contributed by atoms with Crippen LogP contribution in [-0.2, 0) is 4.74 Å². The van der Waals surface area contributed by atoms with Crippen molar-refractivity contribution in [1.82, 2.24) is 9.55 Å². The van der Waals surface area contributed by atoms with Crippen LogP contribution >= 0.6 is 22.6 Å². The number of furan rings is 1. The molecule has 0 unspecified atom stereocenters. The van der Waals surface area contributed by atoms with E-state index >= 15 is 0 Å². The molecule has 0 N–H and O–H groups in total. The quantitative estimate of drug-likeness (QED) is 0.181. The average molecular weight is 532 g/mol. The molecule has 4 aromatic rings. The molecule has 4 rings (SSSR count). The second kappa shape index (κ2) is 9.01. The van der Waals surface area contributed by atoms with E-state index in [4.69, 9.17) is 9.15 Å². The summed E-state index contributed by atoms with van der Waals surface area (Å²) in [7, 11) is 0. The number of hydrogen-bond donors (Lipinski definition) is 0. The number of halogens is 2. The zero-order valence-electron chi connectivity index (χ0n) is 16.5. The summed E-state index contributed by atoms with van der Waals surface area (Å²) in [5.74, 6) is -1.54. The highest BCUT2D eigenvalue weighted by Gasteiger charge is 2.27. The van der Waals surface area contributed by atoms with Crippen molar-refractivity contribution in [2.75, 3.05) is 6.61 Å². The molecule has 6 nitrogen and oxygen atoms in total. The lowest BCUT2D eigenvalue weighted by molar-refractivity contribution is 0.0503. The van der Waals surface area contributed by atoms with Crippen LogP contribution in [0.5, 0.6) is 0 Å². The molecule has 2 aromatic carbocycles. The SMILES string of the molecule is CCOC(=O)c1nccn1[C@@H](CC(=O)c1cc2ccoc2cc1F)c1ccccc1I. The number of hydrogen-bond acceptors (Lipinski definition) is 5. The highest BCUT2D eigenvalue weighted by atomic mass is 127. The van der Waals surface area contributed by atoms with E-state index in [9.17, 15) is 14.0 Å². The monoisotopic (exact) mass is 532 g/mol. The minimum absolute atomic E-state index is 0.0253.